The summed E-state index contributed by atoms with van der Waals surface area (Å²) in [4.78, 5) is 5.34. The van der Waals surface area contributed by atoms with Gasteiger partial charge in [-0.15, -0.1) is 0 Å². The van der Waals surface area contributed by atoms with Gasteiger partial charge in [0.25, 0.3) is 0 Å². The summed E-state index contributed by atoms with van der Waals surface area (Å²) in [5.41, 5.74) is 13.1. The van der Waals surface area contributed by atoms with E-state index in [0.29, 0.717) is 0 Å². The van der Waals surface area contributed by atoms with Crippen molar-refractivity contribution in [3.8, 4) is 33.5 Å². The van der Waals surface area contributed by atoms with Gasteiger partial charge in [-0.05, 0) is 62.2 Å². The summed E-state index contributed by atoms with van der Waals surface area (Å²) in [6.45, 7) is 0. The van der Waals surface area contributed by atoms with Crippen LogP contribution in [0.2, 0.25) is 0 Å². The van der Waals surface area contributed by atoms with E-state index in [2.05, 4.69) is 279 Å². The first-order valence-electron chi connectivity index (χ1n) is 25.0. The van der Waals surface area contributed by atoms with Gasteiger partial charge in [0.1, 0.15) is 22.3 Å². The Morgan fingerprint density at radius 2 is 0.662 bits per heavy atom. The molecule has 13 rings (SSSR count). The molecule has 1 aromatic heterocycles. The third-order valence-corrected chi connectivity index (χ3v) is 49.9. The summed E-state index contributed by atoms with van der Waals surface area (Å²) < 4.78 is 0. The Morgan fingerprint density at radius 1 is 0.282 bits per heavy atom. The van der Waals surface area contributed by atoms with Gasteiger partial charge in [0, 0.05) is 18.2 Å². The molecule has 0 atom stereocenters. The number of aromatic nitrogens is 1. The van der Waals surface area contributed by atoms with Crippen LogP contribution >= 0.6 is 0 Å². The molecular formula is C67H51NSi3. The Balaban J connectivity index is 1.29. The van der Waals surface area contributed by atoms with Crippen molar-refractivity contribution in [2.75, 3.05) is 0 Å². The minimum Gasteiger partial charge on any atom is -0.256 e. The van der Waals surface area contributed by atoms with Gasteiger partial charge in [0.05, 0.1) is 5.69 Å². The van der Waals surface area contributed by atoms with Crippen LogP contribution in [-0.4, -0.2) is 27.3 Å². The molecule has 0 aliphatic heterocycles. The van der Waals surface area contributed by atoms with Crippen molar-refractivity contribution in [3.05, 3.63) is 308 Å². The number of pyridine rings is 1. The quantitative estimate of drug-likeness (QED) is 0.0931. The maximum Gasteiger partial charge on any atom is 0.148 e. The summed E-state index contributed by atoms with van der Waals surface area (Å²) in [5, 5.41) is 11.5. The molecule has 0 fully saturated rings. The van der Waals surface area contributed by atoms with Crippen molar-refractivity contribution < 1.29 is 0 Å². The monoisotopic (exact) mass is 953 g/mol. The Labute approximate surface area is 420 Å². The number of nitrogens with zero attached hydrogens (tertiary/aromatic N) is 1. The van der Waals surface area contributed by atoms with E-state index in [1.807, 2.05) is 6.20 Å². The molecule has 0 unspecified atom stereocenters. The molecule has 0 N–H and O–H groups in total. The maximum absolute atomic E-state index is 5.34. The van der Waals surface area contributed by atoms with E-state index in [4.69, 9.17) is 4.98 Å². The summed E-state index contributed by atoms with van der Waals surface area (Å²) >= 11 is 0. The summed E-state index contributed by atoms with van der Waals surface area (Å²) in [5.74, 6) is 0. The molecule has 2 aliphatic rings. The second-order valence-corrected chi connectivity index (χ2v) is 38.8. The third-order valence-electron chi connectivity index (χ3n) is 15.9. The topological polar surface area (TPSA) is 12.9 Å². The molecule has 1 heterocycles. The molecule has 4 heteroatoms. The number of rotatable bonds is 11. The Hall–Kier alpha value is -8.00. The average molecular weight is 954 g/mol. The van der Waals surface area contributed by atoms with Crippen LogP contribution in [0.3, 0.4) is 0 Å². The molecular weight excluding hydrogens is 903 g/mol. The van der Waals surface area contributed by atoms with E-state index < -0.39 is 22.3 Å². The van der Waals surface area contributed by atoms with E-state index in [1.165, 1.54) is 91.6 Å². The van der Waals surface area contributed by atoms with Crippen LogP contribution in [0.5, 0.6) is 0 Å². The second-order valence-electron chi connectivity index (χ2n) is 19.2. The Kier molecular flexibility index (Phi) is 10.8. The lowest BCUT2D eigenvalue weighted by molar-refractivity contribution is 1.20. The molecule has 71 heavy (non-hydrogen) atoms. The van der Waals surface area contributed by atoms with Crippen LogP contribution in [0.15, 0.2) is 285 Å². The van der Waals surface area contributed by atoms with Crippen LogP contribution in [0.1, 0.15) is 22.3 Å². The highest BCUT2D eigenvalue weighted by Gasteiger charge is 2.73. The van der Waals surface area contributed by atoms with E-state index in [0.717, 1.165) is 18.5 Å². The first-order valence-corrected chi connectivity index (χ1v) is 33.0. The molecule has 11 aromatic rings. The first-order chi connectivity index (χ1) is 35.2. The lowest BCUT2D eigenvalue weighted by Crippen LogP contribution is -3.04. The van der Waals surface area contributed by atoms with E-state index in [9.17, 15) is 0 Å². The van der Waals surface area contributed by atoms with Crippen LogP contribution in [-0.2, 0) is 12.8 Å². The predicted molar refractivity (Wildman–Crippen MR) is 306 cm³/mol. The molecule has 0 radical (unpaired) electrons. The standard InChI is InChI=1S/C67H51NSi3/c1-7-28-53(29-8-1)69(54-30-9-2-10-31-54,59-40-23-27-52(47-59)67-65-49-51-26-20-22-42-61(51)63(65)45-46-68-67)71(57-36-15-5-16-37-57,58-38-17-6-18-39-58)70(55-32-11-3-12-33-55,56-34-13-4-14-35-56)66-44-24-43-62-60-41-21-19-25-50(60)48-64(62)66/h1-47H,48-49H2. The zero-order valence-electron chi connectivity index (χ0n) is 39.5. The summed E-state index contributed by atoms with van der Waals surface area (Å²) in [6, 6.07) is 109. The van der Waals surface area contributed by atoms with Crippen LogP contribution in [0.4, 0.5) is 0 Å². The van der Waals surface area contributed by atoms with Gasteiger partial charge in [0.15, 0.2) is 0 Å². The number of benzene rings is 10. The molecule has 336 valence electrons. The zero-order chi connectivity index (χ0) is 47.2. The number of hydrogen-bond acceptors (Lipinski definition) is 1. The molecule has 0 saturated carbocycles. The fraction of sp³-hybridized carbons (Fsp3) is 0.0299. The molecule has 2 aliphatic carbocycles. The SMILES string of the molecule is c1ccc([Si](c2ccccc2)(c2cccc(-c3nccc4c3Cc3ccccc3-4)c2)[Si](c2ccccc2)(c2ccccc2)[Si](c2ccccc2)(c2ccccc2)c2cccc3c2Cc2ccccc2-3)cc1. The summed E-state index contributed by atoms with van der Waals surface area (Å²) in [6.07, 6.45) is 3.79. The molecule has 0 amide bonds. The third kappa shape index (κ3) is 6.45. The molecule has 0 bridgehead atoms. The van der Waals surface area contributed by atoms with E-state index >= 15 is 0 Å². The minimum atomic E-state index is -3.64. The van der Waals surface area contributed by atoms with Gasteiger partial charge in [-0.25, -0.2) is 0 Å². The van der Waals surface area contributed by atoms with Crippen LogP contribution < -0.4 is 41.5 Å². The number of fused-ring (bicyclic) bond motifs is 6. The van der Waals surface area contributed by atoms with Gasteiger partial charge in [-0.2, -0.15) is 0 Å². The normalized spacial score (nSPS) is 12.7. The molecule has 0 spiro atoms. The van der Waals surface area contributed by atoms with E-state index in [1.54, 1.807) is 0 Å². The van der Waals surface area contributed by atoms with Crippen molar-refractivity contribution in [1.29, 1.82) is 0 Å². The minimum absolute atomic E-state index is 0.866. The lowest BCUT2D eigenvalue weighted by atomic mass is 10.0. The fourth-order valence-corrected chi connectivity index (χ4v) is 59.0. The van der Waals surface area contributed by atoms with Crippen LogP contribution in [0, 0.1) is 0 Å². The highest BCUT2D eigenvalue weighted by molar-refractivity contribution is 7.89. The van der Waals surface area contributed by atoms with E-state index in [-0.39, 0.29) is 0 Å². The number of hydrogen-bond donors (Lipinski definition) is 0. The summed E-state index contributed by atoms with van der Waals surface area (Å²) in [7, 11) is -10.7. The Morgan fingerprint density at radius 3 is 1.17 bits per heavy atom. The highest BCUT2D eigenvalue weighted by Crippen LogP contribution is 2.42. The van der Waals surface area contributed by atoms with Crippen molar-refractivity contribution >= 4 is 63.8 Å². The zero-order valence-corrected chi connectivity index (χ0v) is 42.5. The van der Waals surface area contributed by atoms with Gasteiger partial charge < -0.3 is 0 Å². The van der Waals surface area contributed by atoms with Crippen molar-refractivity contribution in [1.82, 2.24) is 4.98 Å². The maximum atomic E-state index is 5.34. The second kappa shape index (κ2) is 17.8. The van der Waals surface area contributed by atoms with Gasteiger partial charge in [-0.1, -0.05) is 309 Å². The van der Waals surface area contributed by atoms with Crippen molar-refractivity contribution in [2.45, 2.75) is 12.8 Å². The molecule has 10 aromatic carbocycles. The predicted octanol–water partition coefficient (Wildman–Crippen LogP) is 9.95. The Bertz CT molecular complexity index is 3580. The highest BCUT2D eigenvalue weighted by atomic mass is 29.6. The first kappa shape index (κ1) is 43.1. The van der Waals surface area contributed by atoms with Crippen molar-refractivity contribution in [2.24, 2.45) is 0 Å². The van der Waals surface area contributed by atoms with Gasteiger partial charge in [-0.3, -0.25) is 4.98 Å². The molecule has 1 nitrogen and oxygen atoms in total. The van der Waals surface area contributed by atoms with Crippen LogP contribution in [0.25, 0.3) is 33.5 Å². The smallest absolute Gasteiger partial charge is 0.148 e. The molecule has 0 saturated heterocycles. The van der Waals surface area contributed by atoms with Gasteiger partial charge >= 0.3 is 0 Å². The largest absolute Gasteiger partial charge is 0.256 e. The average Bonchev–Trinajstić information content (AvgIpc) is 4.04. The lowest BCUT2D eigenvalue weighted by Gasteiger charge is -2.59. The fourth-order valence-electron chi connectivity index (χ4n) is 13.4. The van der Waals surface area contributed by atoms with Crippen molar-refractivity contribution in [3.63, 3.8) is 0 Å². The van der Waals surface area contributed by atoms with Gasteiger partial charge in [0.2, 0.25) is 0 Å².